The monoisotopic (exact) mass is 856 g/mol. The zero-order valence-corrected chi connectivity index (χ0v) is 38.4. The summed E-state index contributed by atoms with van der Waals surface area (Å²) in [5.41, 5.74) is 17.9. The van der Waals surface area contributed by atoms with Gasteiger partial charge in [0, 0.05) is 114 Å². The molecule has 3 heterocycles. The Morgan fingerprint density at radius 2 is 0.667 bits per heavy atom. The van der Waals surface area contributed by atoms with Crippen LogP contribution in [0.15, 0.2) is 170 Å². The van der Waals surface area contributed by atoms with Gasteiger partial charge in [0.2, 0.25) is 0 Å². The fourth-order valence-corrected chi connectivity index (χ4v) is 10.4. The lowest BCUT2D eigenvalue weighted by Crippen LogP contribution is -2.30. The number of nitrogens with zero attached hydrogens (tertiary/aromatic N) is 6. The maximum absolute atomic E-state index is 2.45. The van der Waals surface area contributed by atoms with Crippen molar-refractivity contribution in [3.8, 4) is 39.3 Å². The van der Waals surface area contributed by atoms with Crippen LogP contribution in [0.1, 0.15) is 12.8 Å². The number of hydrogen-bond acceptors (Lipinski definition) is 3. The molecule has 1 aliphatic rings. The molecule has 0 unspecified atom stereocenters. The summed E-state index contributed by atoms with van der Waals surface area (Å²) >= 11 is 0. The lowest BCUT2D eigenvalue weighted by molar-refractivity contribution is 1.02. The molecule has 3 aromatic heterocycles. The third kappa shape index (κ3) is 6.31. The van der Waals surface area contributed by atoms with Crippen molar-refractivity contribution < 1.29 is 0 Å². The lowest BCUT2D eigenvalue weighted by atomic mass is 9.98. The number of rotatable bonds is 8. The van der Waals surface area contributed by atoms with E-state index in [1.807, 2.05) is 0 Å². The summed E-state index contributed by atoms with van der Waals surface area (Å²) in [6.07, 6.45) is 6.95. The predicted octanol–water partition coefficient (Wildman–Crippen LogP) is 12.7. The van der Waals surface area contributed by atoms with E-state index in [9.17, 15) is 0 Å². The van der Waals surface area contributed by atoms with Gasteiger partial charge in [0.1, 0.15) is 0 Å². The molecular weight excluding hydrogens is 805 g/mol. The quantitative estimate of drug-likeness (QED) is 0.152. The minimum atomic E-state index is 1.05. The van der Waals surface area contributed by atoms with E-state index in [4.69, 9.17) is 0 Å². The molecule has 0 amide bonds. The van der Waals surface area contributed by atoms with Crippen LogP contribution in [0.4, 0.5) is 17.1 Å². The van der Waals surface area contributed by atoms with Crippen LogP contribution in [0.25, 0.3) is 106 Å². The number of anilines is 3. The summed E-state index contributed by atoms with van der Waals surface area (Å²) in [5.74, 6) is 0. The second-order valence-corrected chi connectivity index (χ2v) is 18.5. The van der Waals surface area contributed by atoms with Crippen LogP contribution >= 0.6 is 0 Å². The van der Waals surface area contributed by atoms with Crippen molar-refractivity contribution >= 4 is 83.7 Å². The molecule has 66 heavy (non-hydrogen) atoms. The van der Waals surface area contributed by atoms with E-state index < -0.39 is 0 Å². The summed E-state index contributed by atoms with van der Waals surface area (Å²) in [6.45, 7) is 0. The van der Waals surface area contributed by atoms with Crippen molar-refractivity contribution in [2.45, 2.75) is 12.8 Å². The third-order valence-electron chi connectivity index (χ3n) is 13.9. The summed E-state index contributed by atoms with van der Waals surface area (Å²) < 4.78 is 7.28. The van der Waals surface area contributed by atoms with Crippen molar-refractivity contribution in [3.63, 3.8) is 0 Å². The Bertz CT molecular complexity index is 3820. The standard InChI is InChI=1S/C60H52N6/c1-61(2)43-19-25-46(26-20-43)64-55-13-9-7-11-49(55)51-35-39(15-31-57(51)64)41-17-33-59-53(37-41)54-38-42(18-34-60(54)66(59)48-29-23-45(24-30-48)63(5)6)40-16-32-58-52(36-40)50-12-8-10-14-56(50)65(58)47-27-21-44(22-28-47)62(3)4/h7,9,11-38H,8,10H2,1-6H3. The van der Waals surface area contributed by atoms with Crippen LogP contribution in [0.3, 0.4) is 0 Å². The minimum absolute atomic E-state index is 1.05. The van der Waals surface area contributed by atoms with Crippen LogP contribution in [0.2, 0.25) is 0 Å². The first-order valence-electron chi connectivity index (χ1n) is 23.0. The fourth-order valence-electron chi connectivity index (χ4n) is 10.4. The maximum atomic E-state index is 2.45. The zero-order chi connectivity index (χ0) is 44.8. The third-order valence-corrected chi connectivity index (χ3v) is 13.9. The molecule has 0 saturated carbocycles. The second-order valence-electron chi connectivity index (χ2n) is 18.5. The van der Waals surface area contributed by atoms with Gasteiger partial charge in [0.15, 0.2) is 0 Å². The lowest BCUT2D eigenvalue weighted by Gasteiger charge is -2.14. The first-order chi connectivity index (χ1) is 32.2. The molecule has 0 spiro atoms. The van der Waals surface area contributed by atoms with Gasteiger partial charge < -0.3 is 28.4 Å². The van der Waals surface area contributed by atoms with Crippen molar-refractivity contribution in [1.82, 2.24) is 13.7 Å². The largest absolute Gasteiger partial charge is 0.378 e. The van der Waals surface area contributed by atoms with Gasteiger partial charge in [-0.3, -0.25) is 0 Å². The van der Waals surface area contributed by atoms with Crippen molar-refractivity contribution in [2.24, 2.45) is 0 Å². The van der Waals surface area contributed by atoms with Crippen LogP contribution in [-0.2, 0) is 0 Å². The summed E-state index contributed by atoms with van der Waals surface area (Å²) in [6, 6.07) is 63.6. The van der Waals surface area contributed by atoms with E-state index in [1.165, 1.54) is 110 Å². The molecule has 0 bridgehead atoms. The molecule has 6 heteroatoms. The number of para-hydroxylation sites is 1. The number of fused-ring (bicyclic) bond motifs is 9. The normalized spacial score (nSPS) is 12.5. The van der Waals surface area contributed by atoms with Gasteiger partial charge in [-0.15, -0.1) is 0 Å². The van der Waals surface area contributed by atoms with Crippen LogP contribution in [0, 0.1) is 0 Å². The van der Waals surface area contributed by atoms with Gasteiger partial charge in [-0.25, -0.2) is 0 Å². The van der Waals surface area contributed by atoms with Crippen molar-refractivity contribution in [1.29, 1.82) is 0 Å². The number of aromatic nitrogens is 3. The highest BCUT2D eigenvalue weighted by Gasteiger charge is 2.19. The average Bonchev–Trinajstić information content (AvgIpc) is 3.98. The SMILES string of the molecule is CN(C)c1ccc(-n2c3c(c4cc(-c5ccc6c(c5)c5cc(-c7ccc8c(c7)c7ccccc7n8-c7ccc(N(C)C)cc7)ccc5n6-c5ccc(N(C)C)cc5)ccc42)=CCCC=3)cc1. The Morgan fingerprint density at radius 1 is 0.318 bits per heavy atom. The summed E-state index contributed by atoms with van der Waals surface area (Å²) in [4.78, 5) is 6.45. The molecule has 8 aromatic carbocycles. The van der Waals surface area contributed by atoms with E-state index in [0.717, 1.165) is 24.2 Å². The van der Waals surface area contributed by atoms with Crippen molar-refractivity contribution in [3.05, 3.63) is 180 Å². The van der Waals surface area contributed by atoms with Gasteiger partial charge in [-0.05, 0) is 162 Å². The Morgan fingerprint density at radius 3 is 1.11 bits per heavy atom. The molecule has 0 aliphatic heterocycles. The zero-order valence-electron chi connectivity index (χ0n) is 38.4. The summed E-state index contributed by atoms with van der Waals surface area (Å²) in [5, 5.41) is 8.89. The topological polar surface area (TPSA) is 24.5 Å². The highest BCUT2D eigenvalue weighted by atomic mass is 15.1. The van der Waals surface area contributed by atoms with Gasteiger partial charge >= 0.3 is 0 Å². The highest BCUT2D eigenvalue weighted by Crippen LogP contribution is 2.40. The molecule has 322 valence electrons. The molecular formula is C60H52N6. The smallest absolute Gasteiger partial charge is 0.0541 e. The molecule has 0 N–H and O–H groups in total. The predicted molar refractivity (Wildman–Crippen MR) is 283 cm³/mol. The first kappa shape index (κ1) is 39.6. The van der Waals surface area contributed by atoms with E-state index in [1.54, 1.807) is 0 Å². The van der Waals surface area contributed by atoms with Crippen LogP contribution in [0.5, 0.6) is 0 Å². The summed E-state index contributed by atoms with van der Waals surface area (Å²) in [7, 11) is 12.5. The van der Waals surface area contributed by atoms with Gasteiger partial charge in [-0.2, -0.15) is 0 Å². The molecule has 11 aromatic rings. The van der Waals surface area contributed by atoms with E-state index in [2.05, 4.69) is 253 Å². The maximum Gasteiger partial charge on any atom is 0.0541 e. The molecule has 0 saturated heterocycles. The minimum Gasteiger partial charge on any atom is -0.378 e. The highest BCUT2D eigenvalue weighted by molar-refractivity contribution is 6.13. The van der Waals surface area contributed by atoms with Gasteiger partial charge in [-0.1, -0.05) is 54.6 Å². The van der Waals surface area contributed by atoms with Gasteiger partial charge in [0.05, 0.1) is 27.6 Å². The Balaban J connectivity index is 1.02. The van der Waals surface area contributed by atoms with E-state index in [0.29, 0.717) is 0 Å². The fraction of sp³-hybridized carbons (Fsp3) is 0.133. The number of hydrogen-bond donors (Lipinski definition) is 0. The average molecular weight is 857 g/mol. The molecule has 0 fully saturated rings. The first-order valence-corrected chi connectivity index (χ1v) is 23.0. The number of benzene rings is 8. The second kappa shape index (κ2) is 15.3. The van der Waals surface area contributed by atoms with Crippen molar-refractivity contribution in [2.75, 3.05) is 57.0 Å². The van der Waals surface area contributed by atoms with E-state index in [-0.39, 0.29) is 0 Å². The van der Waals surface area contributed by atoms with E-state index >= 15 is 0 Å². The molecule has 12 rings (SSSR count). The Kier molecular flexibility index (Phi) is 9.21. The Labute approximate surface area is 385 Å². The van der Waals surface area contributed by atoms with Crippen LogP contribution in [-0.4, -0.2) is 56.0 Å². The Hall–Kier alpha value is -7.96. The van der Waals surface area contributed by atoms with Gasteiger partial charge in [0.25, 0.3) is 0 Å². The molecule has 1 aliphatic carbocycles. The van der Waals surface area contributed by atoms with Crippen LogP contribution < -0.4 is 25.3 Å². The molecule has 6 nitrogen and oxygen atoms in total. The molecule has 0 radical (unpaired) electrons. The molecule has 0 atom stereocenters.